The van der Waals surface area contributed by atoms with E-state index in [0.717, 1.165) is 10.9 Å². The first-order valence-corrected chi connectivity index (χ1v) is 3.52. The number of hydrogen-bond acceptors (Lipinski definition) is 3. The van der Waals surface area contributed by atoms with Crippen molar-refractivity contribution in [2.75, 3.05) is 0 Å². The number of aryl methyl sites for hydroxylation is 1. The third-order valence-electron chi connectivity index (χ3n) is 1.66. The second-order valence-electron chi connectivity index (χ2n) is 2.59. The zero-order valence-electron chi connectivity index (χ0n) is 6.50. The molecule has 0 aliphatic rings. The van der Waals surface area contributed by atoms with Gasteiger partial charge in [0.1, 0.15) is 6.07 Å². The molecule has 0 fully saturated rings. The molecule has 0 amide bonds. The van der Waals surface area contributed by atoms with E-state index in [9.17, 15) is 0 Å². The number of nitrogens with zero attached hydrogens (tertiary/aromatic N) is 3. The van der Waals surface area contributed by atoms with Crippen molar-refractivity contribution in [3.05, 3.63) is 23.5 Å². The molecule has 2 aromatic rings. The van der Waals surface area contributed by atoms with Crippen LogP contribution in [0.5, 0.6) is 0 Å². The Bertz CT molecular complexity index is 463. The van der Waals surface area contributed by atoms with Gasteiger partial charge in [-0.05, 0) is 18.6 Å². The number of hydrogen-bond donors (Lipinski definition) is 1. The Labute approximate surface area is 68.9 Å². The van der Waals surface area contributed by atoms with Crippen molar-refractivity contribution in [1.29, 1.82) is 5.26 Å². The maximum atomic E-state index is 8.66. The minimum Gasteiger partial charge on any atom is -0.259 e. The summed E-state index contributed by atoms with van der Waals surface area (Å²) in [5, 5.41) is 15.9. The van der Waals surface area contributed by atoms with Crippen LogP contribution < -0.4 is 0 Å². The highest BCUT2D eigenvalue weighted by Gasteiger charge is 2.04. The first kappa shape index (κ1) is 6.80. The lowest BCUT2D eigenvalue weighted by Crippen LogP contribution is -1.78. The van der Waals surface area contributed by atoms with Gasteiger partial charge in [-0.1, -0.05) is 0 Å². The average molecular weight is 158 g/mol. The molecule has 0 spiro atoms. The number of aromatic amines is 1. The minimum absolute atomic E-state index is 0.404. The van der Waals surface area contributed by atoms with E-state index in [-0.39, 0.29) is 0 Å². The predicted octanol–water partition coefficient (Wildman–Crippen LogP) is 1.14. The number of nitriles is 1. The summed E-state index contributed by atoms with van der Waals surface area (Å²) in [5.74, 6) is 0. The number of H-pyrrole nitrogens is 1. The van der Waals surface area contributed by atoms with E-state index in [1.165, 1.54) is 0 Å². The lowest BCUT2D eigenvalue weighted by Gasteiger charge is -1.89. The Morgan fingerprint density at radius 1 is 1.58 bits per heavy atom. The first-order chi connectivity index (χ1) is 5.81. The maximum Gasteiger partial charge on any atom is 0.171 e. The molecular formula is C8H6N4. The van der Waals surface area contributed by atoms with Crippen molar-refractivity contribution in [2.24, 2.45) is 0 Å². The van der Waals surface area contributed by atoms with Gasteiger partial charge in [-0.3, -0.25) is 5.10 Å². The molecule has 4 heteroatoms. The monoisotopic (exact) mass is 158 g/mol. The van der Waals surface area contributed by atoms with Crippen molar-refractivity contribution < 1.29 is 0 Å². The third-order valence-corrected chi connectivity index (χ3v) is 1.66. The van der Waals surface area contributed by atoms with Crippen molar-refractivity contribution in [3.63, 3.8) is 0 Å². The molecule has 0 bridgehead atoms. The van der Waals surface area contributed by atoms with Gasteiger partial charge in [0.2, 0.25) is 0 Å². The number of rotatable bonds is 0. The van der Waals surface area contributed by atoms with Crippen LogP contribution in [0.1, 0.15) is 11.3 Å². The quantitative estimate of drug-likeness (QED) is 0.625. The van der Waals surface area contributed by atoms with E-state index in [1.807, 2.05) is 19.1 Å². The van der Waals surface area contributed by atoms with E-state index in [0.29, 0.717) is 11.3 Å². The molecule has 2 aromatic heterocycles. The summed E-state index contributed by atoms with van der Waals surface area (Å²) in [4.78, 5) is 4.08. The van der Waals surface area contributed by atoms with E-state index in [4.69, 9.17) is 5.26 Å². The highest BCUT2D eigenvalue weighted by molar-refractivity contribution is 5.80. The molecule has 4 nitrogen and oxygen atoms in total. The molecule has 0 radical (unpaired) electrons. The fourth-order valence-corrected chi connectivity index (χ4v) is 1.09. The molecule has 0 aliphatic carbocycles. The summed E-state index contributed by atoms with van der Waals surface area (Å²) in [6, 6.07) is 3.89. The van der Waals surface area contributed by atoms with Crippen LogP contribution in [0.25, 0.3) is 11.0 Å². The van der Waals surface area contributed by atoms with Crippen LogP contribution in [0, 0.1) is 18.3 Å². The van der Waals surface area contributed by atoms with Crippen molar-refractivity contribution in [2.45, 2.75) is 6.92 Å². The summed E-state index contributed by atoms with van der Waals surface area (Å²) < 4.78 is 0. The molecule has 12 heavy (non-hydrogen) atoms. The molecular weight excluding hydrogens is 152 g/mol. The van der Waals surface area contributed by atoms with Crippen LogP contribution in [0.3, 0.4) is 0 Å². The van der Waals surface area contributed by atoms with Crippen molar-refractivity contribution >= 4 is 11.0 Å². The lowest BCUT2D eigenvalue weighted by molar-refractivity contribution is 1.08. The van der Waals surface area contributed by atoms with Gasteiger partial charge in [0.25, 0.3) is 0 Å². The molecule has 0 aliphatic heterocycles. The van der Waals surface area contributed by atoms with Gasteiger partial charge >= 0.3 is 0 Å². The molecule has 0 unspecified atom stereocenters. The Hall–Kier alpha value is -1.89. The molecule has 2 rings (SSSR count). The van der Waals surface area contributed by atoms with Gasteiger partial charge in [-0.15, -0.1) is 0 Å². The number of aromatic nitrogens is 3. The fraction of sp³-hybridized carbons (Fsp3) is 0.125. The van der Waals surface area contributed by atoms with E-state index in [2.05, 4.69) is 15.2 Å². The minimum atomic E-state index is 0.404. The zero-order chi connectivity index (χ0) is 8.55. The summed E-state index contributed by atoms with van der Waals surface area (Å²) in [7, 11) is 0. The number of nitrogens with one attached hydrogen (secondary N) is 1. The molecule has 0 saturated carbocycles. The lowest BCUT2D eigenvalue weighted by atomic mass is 10.2. The summed E-state index contributed by atoms with van der Waals surface area (Å²) in [5.41, 5.74) is 2.10. The van der Waals surface area contributed by atoms with Crippen LogP contribution in [-0.2, 0) is 0 Å². The van der Waals surface area contributed by atoms with Gasteiger partial charge in [-0.25, -0.2) is 4.98 Å². The highest BCUT2D eigenvalue weighted by Crippen LogP contribution is 2.13. The average Bonchev–Trinajstić information content (AvgIpc) is 2.46. The smallest absolute Gasteiger partial charge is 0.171 e. The standard InChI is InChI=1S/C8H6N4/c1-5-2-6-7(3-9)11-12-8(6)10-4-5/h2,4H,1H3,(H,10,11,12). The molecule has 1 N–H and O–H groups in total. The summed E-state index contributed by atoms with van der Waals surface area (Å²) in [6.07, 6.45) is 1.74. The van der Waals surface area contributed by atoms with E-state index in [1.54, 1.807) is 6.20 Å². The Kier molecular flexibility index (Phi) is 1.31. The van der Waals surface area contributed by atoms with Crippen molar-refractivity contribution in [1.82, 2.24) is 15.2 Å². The zero-order valence-corrected chi connectivity index (χ0v) is 6.50. The van der Waals surface area contributed by atoms with Gasteiger partial charge in [0, 0.05) is 6.20 Å². The van der Waals surface area contributed by atoms with E-state index < -0.39 is 0 Å². The fourth-order valence-electron chi connectivity index (χ4n) is 1.09. The molecule has 58 valence electrons. The Balaban J connectivity index is 2.86. The van der Waals surface area contributed by atoms with Gasteiger partial charge in [0.15, 0.2) is 11.3 Å². The van der Waals surface area contributed by atoms with Crippen molar-refractivity contribution in [3.8, 4) is 6.07 Å². The second kappa shape index (κ2) is 2.31. The number of pyridine rings is 1. The topological polar surface area (TPSA) is 65.4 Å². The highest BCUT2D eigenvalue weighted by atomic mass is 15.1. The summed E-state index contributed by atoms with van der Waals surface area (Å²) >= 11 is 0. The molecule has 0 atom stereocenters. The van der Waals surface area contributed by atoms with Crippen LogP contribution in [0.2, 0.25) is 0 Å². The molecule has 2 heterocycles. The van der Waals surface area contributed by atoms with Crippen LogP contribution in [-0.4, -0.2) is 15.2 Å². The van der Waals surface area contributed by atoms with Crippen LogP contribution in [0.15, 0.2) is 12.3 Å². The molecule has 0 saturated heterocycles. The maximum absolute atomic E-state index is 8.66. The second-order valence-corrected chi connectivity index (χ2v) is 2.59. The largest absolute Gasteiger partial charge is 0.259 e. The van der Waals surface area contributed by atoms with Crippen LogP contribution >= 0.6 is 0 Å². The normalized spacial score (nSPS) is 10.0. The SMILES string of the molecule is Cc1cnc2[nH]nc(C#N)c2c1. The summed E-state index contributed by atoms with van der Waals surface area (Å²) in [6.45, 7) is 1.93. The Morgan fingerprint density at radius 3 is 3.17 bits per heavy atom. The van der Waals surface area contributed by atoms with Gasteiger partial charge in [0.05, 0.1) is 5.39 Å². The van der Waals surface area contributed by atoms with Gasteiger partial charge < -0.3 is 0 Å². The van der Waals surface area contributed by atoms with Gasteiger partial charge in [-0.2, -0.15) is 10.4 Å². The third kappa shape index (κ3) is 0.839. The molecule has 0 aromatic carbocycles. The van der Waals surface area contributed by atoms with Crippen LogP contribution in [0.4, 0.5) is 0 Å². The first-order valence-electron chi connectivity index (χ1n) is 3.52. The predicted molar refractivity (Wildman–Crippen MR) is 43.3 cm³/mol. The number of fused-ring (bicyclic) bond motifs is 1. The van der Waals surface area contributed by atoms with E-state index >= 15 is 0 Å². The Morgan fingerprint density at radius 2 is 2.42 bits per heavy atom.